The molecule has 0 unspecified atom stereocenters. The molecule has 0 aliphatic carbocycles. The minimum absolute atomic E-state index is 0.514. The summed E-state index contributed by atoms with van der Waals surface area (Å²) in [6.45, 7) is 4.16. The predicted molar refractivity (Wildman–Crippen MR) is 55.0 cm³/mol. The summed E-state index contributed by atoms with van der Waals surface area (Å²) in [5, 5.41) is 2.34. The van der Waals surface area contributed by atoms with Gasteiger partial charge in [0.1, 0.15) is 13.1 Å². The van der Waals surface area contributed by atoms with Crippen molar-refractivity contribution in [2.24, 2.45) is 0 Å². The monoisotopic (exact) mass is 196 g/mol. The van der Waals surface area contributed by atoms with Crippen LogP contribution in [0.5, 0.6) is 0 Å². The predicted octanol–water partition coefficient (Wildman–Crippen LogP) is 1.46. The molecule has 0 atom stereocenters. The Labute approximate surface area is 86.2 Å². The first-order valence-electron chi connectivity index (χ1n) is 5.89. The minimum Gasteiger partial charge on any atom is -0.213 e. The van der Waals surface area contributed by atoms with E-state index in [0.717, 1.165) is 26.2 Å². The molecule has 2 aliphatic heterocycles. The average Bonchev–Trinajstić information content (AvgIpc) is 2.31. The fraction of sp³-hybridized carbons (Fsp3) is 0.909. The highest BCUT2D eigenvalue weighted by Gasteiger charge is 2.39. The number of hydrogen-bond acceptors (Lipinski definition) is 2. The van der Waals surface area contributed by atoms with E-state index in [1.165, 1.54) is 38.5 Å². The van der Waals surface area contributed by atoms with Crippen molar-refractivity contribution < 1.29 is 9.39 Å². The van der Waals surface area contributed by atoms with Gasteiger partial charge in [0.2, 0.25) is 0 Å². The van der Waals surface area contributed by atoms with Gasteiger partial charge < -0.3 is 0 Å². The highest BCUT2D eigenvalue weighted by molar-refractivity contribution is 5.38. The maximum Gasteiger partial charge on any atom is 0.464 e. The zero-order valence-corrected chi connectivity index (χ0v) is 8.87. The van der Waals surface area contributed by atoms with Gasteiger partial charge in [-0.1, -0.05) is 6.42 Å². The Balaban J connectivity index is 2.04. The molecular weight excluding hydrogens is 176 g/mol. The maximum absolute atomic E-state index is 11.2. The van der Waals surface area contributed by atoms with E-state index >= 15 is 0 Å². The second-order valence-corrected chi connectivity index (χ2v) is 4.54. The molecule has 0 spiro atoms. The van der Waals surface area contributed by atoms with Gasteiger partial charge >= 0.3 is 6.41 Å². The van der Waals surface area contributed by atoms with Crippen molar-refractivity contribution in [2.75, 3.05) is 26.2 Å². The molecule has 2 saturated heterocycles. The van der Waals surface area contributed by atoms with E-state index in [-0.39, 0.29) is 0 Å². The van der Waals surface area contributed by atoms with E-state index in [4.69, 9.17) is 0 Å². The molecule has 0 N–H and O–H groups in total. The van der Waals surface area contributed by atoms with E-state index in [1.807, 2.05) is 0 Å². The van der Waals surface area contributed by atoms with Crippen molar-refractivity contribution in [2.45, 2.75) is 38.5 Å². The van der Waals surface area contributed by atoms with Crippen LogP contribution in [0.1, 0.15) is 38.5 Å². The van der Waals surface area contributed by atoms with E-state index < -0.39 is 0 Å². The number of likely N-dealkylation sites (tertiary alicyclic amines) is 1. The Morgan fingerprint density at radius 3 is 2.00 bits per heavy atom. The van der Waals surface area contributed by atoms with Crippen LogP contribution < -0.4 is 0 Å². The van der Waals surface area contributed by atoms with Crippen LogP contribution in [0.3, 0.4) is 0 Å². The van der Waals surface area contributed by atoms with Crippen molar-refractivity contribution in [3.05, 3.63) is 0 Å². The maximum atomic E-state index is 11.2. The Hall–Kier alpha value is -0.410. The van der Waals surface area contributed by atoms with Crippen LogP contribution in [-0.2, 0) is 4.79 Å². The minimum atomic E-state index is 0.514. The van der Waals surface area contributed by atoms with Gasteiger partial charge in [0.25, 0.3) is 0 Å². The lowest BCUT2D eigenvalue weighted by Crippen LogP contribution is -2.62. The first-order chi connectivity index (χ1) is 6.87. The molecule has 0 saturated carbocycles. The summed E-state index contributed by atoms with van der Waals surface area (Å²) in [4.78, 5) is 11.2. The number of quaternary nitrogens is 1. The quantitative estimate of drug-likeness (QED) is 0.623. The summed E-state index contributed by atoms with van der Waals surface area (Å²) < 4.78 is 0.514. The van der Waals surface area contributed by atoms with E-state index in [0.29, 0.717) is 4.59 Å². The largest absolute Gasteiger partial charge is 0.464 e. The molecule has 0 bridgehead atoms. The molecule has 0 aromatic rings. The summed E-state index contributed by atoms with van der Waals surface area (Å²) in [6.07, 6.45) is 9.79. The fourth-order valence-corrected chi connectivity index (χ4v) is 2.73. The SMILES string of the molecule is O=[C][N+]1(N2CCCCC2)CCCCC1. The lowest BCUT2D eigenvalue weighted by Gasteiger charge is -2.43. The molecule has 1 amide bonds. The van der Waals surface area contributed by atoms with E-state index in [1.54, 1.807) is 0 Å². The molecule has 0 aromatic heterocycles. The normalized spacial score (nSPS) is 28.6. The number of amides is 1. The third kappa shape index (κ3) is 1.84. The van der Waals surface area contributed by atoms with Crippen molar-refractivity contribution in [3.8, 4) is 0 Å². The van der Waals surface area contributed by atoms with Crippen molar-refractivity contribution in [1.29, 1.82) is 0 Å². The van der Waals surface area contributed by atoms with Gasteiger partial charge in [-0.15, -0.1) is 5.01 Å². The van der Waals surface area contributed by atoms with E-state index in [9.17, 15) is 4.79 Å². The molecule has 2 rings (SSSR count). The van der Waals surface area contributed by atoms with Crippen molar-refractivity contribution in [3.63, 3.8) is 0 Å². The number of hydrogen-bond donors (Lipinski definition) is 0. The molecule has 2 aliphatic rings. The highest BCUT2D eigenvalue weighted by atomic mass is 16.2. The highest BCUT2D eigenvalue weighted by Crippen LogP contribution is 2.23. The van der Waals surface area contributed by atoms with Gasteiger partial charge in [-0.3, -0.25) is 0 Å². The molecule has 3 heteroatoms. The van der Waals surface area contributed by atoms with Crippen LogP contribution in [0.25, 0.3) is 0 Å². The van der Waals surface area contributed by atoms with Crippen molar-refractivity contribution in [1.82, 2.24) is 5.01 Å². The van der Waals surface area contributed by atoms with Crippen LogP contribution in [0.2, 0.25) is 0 Å². The van der Waals surface area contributed by atoms with E-state index in [2.05, 4.69) is 11.4 Å². The lowest BCUT2D eigenvalue weighted by molar-refractivity contribution is -0.962. The average molecular weight is 196 g/mol. The van der Waals surface area contributed by atoms with Crippen LogP contribution >= 0.6 is 0 Å². The standard InChI is InChI=1S/C11H20N2O/c14-11-13(9-5-2-6-10-13)12-7-3-1-4-8-12/h1-10H2/q+1. The number of piperidine rings is 2. The molecule has 79 valence electrons. The molecular formula is C11H20N2O+. The smallest absolute Gasteiger partial charge is 0.213 e. The summed E-state index contributed by atoms with van der Waals surface area (Å²) in [6, 6.07) is 0. The van der Waals surface area contributed by atoms with Crippen molar-refractivity contribution >= 4 is 6.41 Å². The zero-order valence-electron chi connectivity index (χ0n) is 8.87. The fourth-order valence-electron chi connectivity index (χ4n) is 2.73. The van der Waals surface area contributed by atoms with Crippen LogP contribution in [0.15, 0.2) is 0 Å². The number of rotatable bonds is 2. The van der Waals surface area contributed by atoms with Gasteiger partial charge in [0.15, 0.2) is 0 Å². The van der Waals surface area contributed by atoms with Gasteiger partial charge in [-0.2, -0.15) is 4.59 Å². The molecule has 0 aromatic carbocycles. The van der Waals surface area contributed by atoms with Gasteiger partial charge in [0, 0.05) is 13.1 Å². The first-order valence-corrected chi connectivity index (χ1v) is 5.89. The number of nitrogens with zero attached hydrogens (tertiary/aromatic N) is 2. The van der Waals surface area contributed by atoms with Gasteiger partial charge in [-0.05, 0) is 32.1 Å². The third-order valence-electron chi connectivity index (χ3n) is 3.60. The Kier molecular flexibility index (Phi) is 3.19. The molecule has 2 heterocycles. The van der Waals surface area contributed by atoms with Crippen LogP contribution in [-0.4, -0.2) is 42.2 Å². The van der Waals surface area contributed by atoms with Gasteiger partial charge in [0.05, 0.1) is 0 Å². The van der Waals surface area contributed by atoms with Crippen LogP contribution in [0.4, 0.5) is 0 Å². The summed E-state index contributed by atoms with van der Waals surface area (Å²) in [5.41, 5.74) is 0. The first kappa shape index (κ1) is 10.1. The molecule has 3 nitrogen and oxygen atoms in total. The lowest BCUT2D eigenvalue weighted by atomic mass is 10.1. The zero-order chi connectivity index (χ0) is 9.86. The van der Waals surface area contributed by atoms with Gasteiger partial charge in [-0.25, -0.2) is 4.79 Å². The second-order valence-electron chi connectivity index (χ2n) is 4.54. The summed E-state index contributed by atoms with van der Waals surface area (Å²) >= 11 is 0. The molecule has 2 fully saturated rings. The van der Waals surface area contributed by atoms with Crippen LogP contribution in [0, 0.1) is 0 Å². The Bertz CT molecular complexity index is 193. The number of carbonyl (C=O) groups excluding carboxylic acids is 1. The Morgan fingerprint density at radius 1 is 0.857 bits per heavy atom. The topological polar surface area (TPSA) is 20.3 Å². The Morgan fingerprint density at radius 2 is 1.43 bits per heavy atom. The molecule has 1 radical (unpaired) electrons. The third-order valence-corrected chi connectivity index (χ3v) is 3.60. The summed E-state index contributed by atoms with van der Waals surface area (Å²) in [5.74, 6) is 0. The summed E-state index contributed by atoms with van der Waals surface area (Å²) in [7, 11) is 0. The second kappa shape index (κ2) is 4.41. The molecule has 14 heavy (non-hydrogen) atoms.